The van der Waals surface area contributed by atoms with Gasteiger partial charge in [-0.1, -0.05) is 0 Å². The summed E-state index contributed by atoms with van der Waals surface area (Å²) in [5.41, 5.74) is 2.76. The highest BCUT2D eigenvalue weighted by Crippen LogP contribution is 2.44. The Bertz CT molecular complexity index is 1470. The Balaban J connectivity index is 1.52. The number of pyridine rings is 2. The lowest BCUT2D eigenvalue weighted by Crippen LogP contribution is -2.62. The third-order valence-electron chi connectivity index (χ3n) is 7.32. The number of nitrogens with one attached hydrogen (secondary N) is 1. The second-order valence-electron chi connectivity index (χ2n) is 9.85. The van der Waals surface area contributed by atoms with Crippen molar-refractivity contribution in [1.29, 1.82) is 5.26 Å². The standard InChI is InChI=1S/C28H26F2N6O2/c1-17-7-19(8-23(12-31)34-17)13-33-27(38)25-15-32-14-24(20-9-21(29)11-22(30)10-20)26(25)35-5-3-28(16-35)4-6-36(28)18(2)37/h7-11,14-15H,3-6,13,16H2,1-2H3,(H,33,38). The topological polar surface area (TPSA) is 102 Å². The summed E-state index contributed by atoms with van der Waals surface area (Å²) in [6.07, 6.45) is 4.51. The number of anilines is 1. The molecule has 1 N–H and O–H groups in total. The minimum absolute atomic E-state index is 0.00241. The van der Waals surface area contributed by atoms with Crippen molar-refractivity contribution >= 4 is 17.5 Å². The number of amides is 2. The zero-order chi connectivity index (χ0) is 27.0. The Labute approximate surface area is 218 Å². The van der Waals surface area contributed by atoms with E-state index in [1.807, 2.05) is 15.9 Å². The molecule has 0 radical (unpaired) electrons. The molecule has 8 nitrogen and oxygen atoms in total. The molecule has 1 spiro atoms. The van der Waals surface area contributed by atoms with Crippen LogP contribution < -0.4 is 10.2 Å². The van der Waals surface area contributed by atoms with Crippen molar-refractivity contribution < 1.29 is 18.4 Å². The quantitative estimate of drug-likeness (QED) is 0.555. The number of aryl methyl sites for hydroxylation is 1. The third-order valence-corrected chi connectivity index (χ3v) is 7.32. The molecule has 0 bridgehead atoms. The maximum Gasteiger partial charge on any atom is 0.255 e. The number of nitrogens with zero attached hydrogens (tertiary/aromatic N) is 5. The average Bonchev–Trinajstić information content (AvgIpc) is 3.32. The number of nitriles is 1. The molecule has 10 heteroatoms. The summed E-state index contributed by atoms with van der Waals surface area (Å²) in [7, 11) is 0. The molecule has 2 aromatic heterocycles. The van der Waals surface area contributed by atoms with Crippen molar-refractivity contribution in [2.75, 3.05) is 24.5 Å². The third kappa shape index (κ3) is 4.67. The van der Waals surface area contributed by atoms with Crippen molar-refractivity contribution in [3.63, 3.8) is 0 Å². The van der Waals surface area contributed by atoms with Crippen LogP contribution in [-0.2, 0) is 11.3 Å². The molecular formula is C28H26F2N6O2. The Hall–Kier alpha value is -4.39. The lowest BCUT2D eigenvalue weighted by Gasteiger charge is -2.50. The molecule has 3 aromatic rings. The van der Waals surface area contributed by atoms with Gasteiger partial charge in [-0.05, 0) is 55.2 Å². The summed E-state index contributed by atoms with van der Waals surface area (Å²) in [4.78, 5) is 37.9. The number of benzene rings is 1. The summed E-state index contributed by atoms with van der Waals surface area (Å²) >= 11 is 0. The molecule has 1 atom stereocenters. The average molecular weight is 517 g/mol. The van der Waals surface area contributed by atoms with Gasteiger partial charge >= 0.3 is 0 Å². The van der Waals surface area contributed by atoms with Gasteiger partial charge in [0.1, 0.15) is 23.4 Å². The van der Waals surface area contributed by atoms with Gasteiger partial charge in [0.2, 0.25) is 5.91 Å². The molecule has 2 amide bonds. The van der Waals surface area contributed by atoms with E-state index in [-0.39, 0.29) is 34.8 Å². The van der Waals surface area contributed by atoms with Crippen LogP contribution in [0.1, 0.15) is 47.1 Å². The van der Waals surface area contributed by atoms with Crippen molar-refractivity contribution in [1.82, 2.24) is 20.2 Å². The maximum atomic E-state index is 14.2. The smallest absolute Gasteiger partial charge is 0.255 e. The number of hydrogen-bond acceptors (Lipinski definition) is 6. The molecule has 2 aliphatic heterocycles. The molecule has 38 heavy (non-hydrogen) atoms. The van der Waals surface area contributed by atoms with Gasteiger partial charge in [0.05, 0.1) is 16.8 Å². The van der Waals surface area contributed by atoms with Gasteiger partial charge in [-0.15, -0.1) is 0 Å². The lowest BCUT2D eigenvalue weighted by atomic mass is 9.83. The van der Waals surface area contributed by atoms with Crippen LogP contribution in [-0.4, -0.2) is 51.9 Å². The molecule has 0 aliphatic carbocycles. The highest BCUT2D eigenvalue weighted by Gasteiger charge is 2.51. The Morgan fingerprint density at radius 3 is 2.50 bits per heavy atom. The summed E-state index contributed by atoms with van der Waals surface area (Å²) in [6, 6.07) is 8.62. The summed E-state index contributed by atoms with van der Waals surface area (Å²) in [5.74, 6) is -1.89. The van der Waals surface area contributed by atoms with Gasteiger partial charge in [-0.25, -0.2) is 13.8 Å². The van der Waals surface area contributed by atoms with E-state index >= 15 is 0 Å². The van der Waals surface area contributed by atoms with E-state index in [0.717, 1.165) is 18.9 Å². The highest BCUT2D eigenvalue weighted by atomic mass is 19.1. The second-order valence-corrected chi connectivity index (χ2v) is 9.85. The molecule has 194 valence electrons. The first kappa shape index (κ1) is 25.3. The minimum Gasteiger partial charge on any atom is -0.368 e. The molecule has 1 unspecified atom stereocenters. The van der Waals surface area contributed by atoms with Gasteiger partial charge in [0.25, 0.3) is 5.91 Å². The minimum atomic E-state index is -0.734. The first-order valence-corrected chi connectivity index (χ1v) is 12.3. The van der Waals surface area contributed by atoms with Crippen LogP contribution in [0.15, 0.2) is 42.7 Å². The van der Waals surface area contributed by atoms with E-state index in [9.17, 15) is 23.6 Å². The Morgan fingerprint density at radius 1 is 1.11 bits per heavy atom. The molecule has 2 aliphatic rings. The van der Waals surface area contributed by atoms with Crippen molar-refractivity contribution in [2.45, 2.75) is 38.8 Å². The zero-order valence-corrected chi connectivity index (χ0v) is 21.1. The van der Waals surface area contributed by atoms with Crippen LogP contribution in [0.3, 0.4) is 0 Å². The van der Waals surface area contributed by atoms with Crippen molar-refractivity contribution in [2.24, 2.45) is 0 Å². The van der Waals surface area contributed by atoms with Crippen LogP contribution in [0.2, 0.25) is 0 Å². The Morgan fingerprint density at radius 2 is 1.84 bits per heavy atom. The molecule has 4 heterocycles. The number of carbonyl (C=O) groups excluding carboxylic acids is 2. The van der Waals surface area contributed by atoms with Gasteiger partial charge in [0.15, 0.2) is 0 Å². The molecular weight excluding hydrogens is 490 g/mol. The number of likely N-dealkylation sites (tertiary alicyclic amines) is 1. The molecule has 0 saturated carbocycles. The number of rotatable bonds is 5. The highest BCUT2D eigenvalue weighted by molar-refractivity contribution is 6.03. The normalized spacial score (nSPS) is 18.3. The molecule has 5 rings (SSSR count). The van der Waals surface area contributed by atoms with E-state index in [1.165, 1.54) is 24.5 Å². The predicted octanol–water partition coefficient (Wildman–Crippen LogP) is 3.73. The largest absolute Gasteiger partial charge is 0.368 e. The molecule has 2 saturated heterocycles. The van der Waals surface area contributed by atoms with Gasteiger partial charge < -0.3 is 15.1 Å². The zero-order valence-electron chi connectivity index (χ0n) is 21.1. The van der Waals surface area contributed by atoms with Crippen LogP contribution in [0, 0.1) is 29.9 Å². The fraction of sp³-hybridized carbons (Fsp3) is 0.321. The van der Waals surface area contributed by atoms with Crippen molar-refractivity contribution in [3.8, 4) is 17.2 Å². The number of carbonyl (C=O) groups is 2. The van der Waals surface area contributed by atoms with Crippen LogP contribution in [0.5, 0.6) is 0 Å². The van der Waals surface area contributed by atoms with E-state index < -0.39 is 17.5 Å². The molecule has 1 aromatic carbocycles. The van der Waals surface area contributed by atoms with E-state index in [1.54, 1.807) is 26.0 Å². The fourth-order valence-corrected chi connectivity index (χ4v) is 5.56. The fourth-order valence-electron chi connectivity index (χ4n) is 5.56. The van der Waals surface area contributed by atoms with Crippen LogP contribution in [0.25, 0.3) is 11.1 Å². The summed E-state index contributed by atoms with van der Waals surface area (Å²) in [6.45, 7) is 5.21. The summed E-state index contributed by atoms with van der Waals surface area (Å²) in [5, 5.41) is 12.1. The predicted molar refractivity (Wildman–Crippen MR) is 136 cm³/mol. The summed E-state index contributed by atoms with van der Waals surface area (Å²) < 4.78 is 28.4. The van der Waals surface area contributed by atoms with Crippen molar-refractivity contribution in [3.05, 3.63) is 76.9 Å². The van der Waals surface area contributed by atoms with Gasteiger partial charge in [-0.3, -0.25) is 14.6 Å². The number of hydrogen-bond donors (Lipinski definition) is 1. The van der Waals surface area contributed by atoms with E-state index in [4.69, 9.17) is 0 Å². The van der Waals surface area contributed by atoms with Gasteiger partial charge in [0, 0.05) is 62.8 Å². The Kier molecular flexibility index (Phi) is 6.53. The number of halogens is 2. The second kappa shape index (κ2) is 9.82. The van der Waals surface area contributed by atoms with Crippen LogP contribution >= 0.6 is 0 Å². The molecule has 2 fully saturated rings. The van der Waals surface area contributed by atoms with Crippen LogP contribution in [0.4, 0.5) is 14.5 Å². The van der Waals surface area contributed by atoms with Gasteiger partial charge in [-0.2, -0.15) is 5.26 Å². The maximum absolute atomic E-state index is 14.2. The van der Waals surface area contributed by atoms with E-state index in [2.05, 4.69) is 15.3 Å². The first-order valence-electron chi connectivity index (χ1n) is 12.3. The monoisotopic (exact) mass is 516 g/mol. The first-order chi connectivity index (χ1) is 18.2. The SMILES string of the molecule is CC(=O)N1CCC12CCN(c1c(C(=O)NCc3cc(C)nc(C#N)c3)cncc1-c1cc(F)cc(F)c1)C2. The van der Waals surface area contributed by atoms with E-state index in [0.29, 0.717) is 42.1 Å². The number of aromatic nitrogens is 2. The lowest BCUT2D eigenvalue weighted by molar-refractivity contribution is -0.143.